The lowest BCUT2D eigenvalue weighted by molar-refractivity contribution is -0.520. The van der Waals surface area contributed by atoms with E-state index in [1.54, 1.807) is 0 Å². The summed E-state index contributed by atoms with van der Waals surface area (Å²) in [6.07, 6.45) is 2.37. The zero-order valence-electron chi connectivity index (χ0n) is 12.0. The predicted molar refractivity (Wildman–Crippen MR) is 73.3 cm³/mol. The van der Waals surface area contributed by atoms with Crippen LogP contribution in [-0.2, 0) is 25.2 Å². The maximum atomic E-state index is 11.3. The fourth-order valence-corrected chi connectivity index (χ4v) is 1.63. The molecular formula is C15H22O5. The second-order valence-corrected chi connectivity index (χ2v) is 5.02. The molecule has 0 saturated carbocycles. The van der Waals surface area contributed by atoms with Crippen LogP contribution in [0.3, 0.4) is 0 Å². The molecule has 0 heterocycles. The highest BCUT2D eigenvalue weighted by molar-refractivity contribution is 5.68. The van der Waals surface area contributed by atoms with E-state index in [1.807, 2.05) is 44.2 Å². The van der Waals surface area contributed by atoms with Gasteiger partial charge in [-0.3, -0.25) is 4.89 Å². The quantitative estimate of drug-likeness (QED) is 0.428. The lowest BCUT2D eigenvalue weighted by Gasteiger charge is -2.22. The highest BCUT2D eigenvalue weighted by atomic mass is 17.5. The van der Waals surface area contributed by atoms with E-state index < -0.39 is 11.6 Å². The van der Waals surface area contributed by atoms with Crippen molar-refractivity contribution in [2.24, 2.45) is 0 Å². The number of aliphatic hydroxyl groups is 1. The van der Waals surface area contributed by atoms with Crippen molar-refractivity contribution in [2.75, 3.05) is 6.61 Å². The lowest BCUT2D eigenvalue weighted by atomic mass is 9.99. The Hall–Kier alpha value is -1.43. The molecule has 1 aromatic carbocycles. The lowest BCUT2D eigenvalue weighted by Crippen LogP contribution is -2.22. The van der Waals surface area contributed by atoms with Crippen LogP contribution in [0, 0.1) is 0 Å². The highest BCUT2D eigenvalue weighted by Gasteiger charge is 2.23. The van der Waals surface area contributed by atoms with E-state index in [0.29, 0.717) is 12.8 Å². The van der Waals surface area contributed by atoms with E-state index in [0.717, 1.165) is 12.0 Å². The smallest absolute Gasteiger partial charge is 0.345 e. The molecule has 0 aliphatic carbocycles. The summed E-state index contributed by atoms with van der Waals surface area (Å²) in [5.74, 6) is -0.480. The Morgan fingerprint density at radius 3 is 2.50 bits per heavy atom. The van der Waals surface area contributed by atoms with Gasteiger partial charge in [-0.1, -0.05) is 36.8 Å². The molecule has 1 aromatic rings. The van der Waals surface area contributed by atoms with E-state index in [2.05, 4.69) is 9.93 Å². The van der Waals surface area contributed by atoms with Crippen molar-refractivity contribution in [3.05, 3.63) is 35.9 Å². The molecule has 1 rings (SSSR count). The molecule has 5 heteroatoms. The standard InChI is InChI=1S/C15H22O5/c1-15(2,13-9-5-3-6-10-13)19-20-18-14(17)11-7-4-8-12-16/h3,5-6,9-10,16H,4,7-8,11-12H2,1-2H3. The Labute approximate surface area is 119 Å². The van der Waals surface area contributed by atoms with Crippen molar-refractivity contribution < 1.29 is 24.7 Å². The zero-order chi connectivity index (χ0) is 14.8. The third kappa shape index (κ3) is 6.14. The molecule has 0 radical (unpaired) electrons. The first-order valence-corrected chi connectivity index (χ1v) is 6.78. The van der Waals surface area contributed by atoms with Gasteiger partial charge in [0, 0.05) is 13.0 Å². The van der Waals surface area contributed by atoms with Crippen LogP contribution in [-0.4, -0.2) is 17.7 Å². The largest absolute Gasteiger partial charge is 0.396 e. The number of carbonyl (C=O) groups excluding carboxylic acids is 1. The summed E-state index contributed by atoms with van der Waals surface area (Å²) in [5.41, 5.74) is 0.206. The van der Waals surface area contributed by atoms with Gasteiger partial charge in [0.1, 0.15) is 5.60 Å². The zero-order valence-corrected chi connectivity index (χ0v) is 12.0. The van der Waals surface area contributed by atoms with Gasteiger partial charge in [0.15, 0.2) is 0 Å². The van der Waals surface area contributed by atoms with Gasteiger partial charge in [-0.25, -0.2) is 4.79 Å². The normalized spacial score (nSPS) is 11.3. The van der Waals surface area contributed by atoms with Crippen LogP contribution >= 0.6 is 0 Å². The molecule has 1 N–H and O–H groups in total. The summed E-state index contributed by atoms with van der Waals surface area (Å²) < 4.78 is 0. The Morgan fingerprint density at radius 2 is 1.85 bits per heavy atom. The maximum absolute atomic E-state index is 11.3. The number of benzene rings is 1. The molecule has 20 heavy (non-hydrogen) atoms. The minimum absolute atomic E-state index is 0.139. The number of aliphatic hydroxyl groups excluding tert-OH is 1. The predicted octanol–water partition coefficient (Wildman–Crippen LogP) is 2.88. The molecule has 0 unspecified atom stereocenters. The summed E-state index contributed by atoms with van der Waals surface area (Å²) in [6.45, 7) is 3.77. The van der Waals surface area contributed by atoms with Crippen molar-refractivity contribution in [3.63, 3.8) is 0 Å². The van der Waals surface area contributed by atoms with Gasteiger partial charge in [0.25, 0.3) is 0 Å². The fourth-order valence-electron chi connectivity index (χ4n) is 1.63. The molecule has 0 aliphatic heterocycles. The summed E-state index contributed by atoms with van der Waals surface area (Å²) >= 11 is 0. The van der Waals surface area contributed by atoms with Crippen LogP contribution in [0.15, 0.2) is 30.3 Å². The molecule has 0 atom stereocenters. The summed E-state index contributed by atoms with van der Waals surface area (Å²) in [4.78, 5) is 21.0. The molecular weight excluding hydrogens is 260 g/mol. The first-order valence-electron chi connectivity index (χ1n) is 6.78. The number of rotatable bonds is 9. The Balaban J connectivity index is 2.24. The highest BCUT2D eigenvalue weighted by Crippen LogP contribution is 2.24. The molecule has 112 valence electrons. The topological polar surface area (TPSA) is 65.0 Å². The van der Waals surface area contributed by atoms with Crippen molar-refractivity contribution in [1.29, 1.82) is 0 Å². The van der Waals surface area contributed by atoms with E-state index in [-0.39, 0.29) is 13.0 Å². The summed E-state index contributed by atoms with van der Waals surface area (Å²) in [6, 6.07) is 9.51. The van der Waals surface area contributed by atoms with Crippen molar-refractivity contribution in [1.82, 2.24) is 0 Å². The maximum Gasteiger partial charge on any atom is 0.345 e. The van der Waals surface area contributed by atoms with Crippen LogP contribution in [0.25, 0.3) is 0 Å². The average Bonchev–Trinajstić information content (AvgIpc) is 2.44. The molecule has 5 nitrogen and oxygen atoms in total. The second-order valence-electron chi connectivity index (χ2n) is 5.02. The molecule has 0 bridgehead atoms. The van der Waals surface area contributed by atoms with Gasteiger partial charge in [-0.15, -0.1) is 0 Å². The summed E-state index contributed by atoms with van der Waals surface area (Å²) in [5, 5.41) is 13.2. The molecule has 0 spiro atoms. The van der Waals surface area contributed by atoms with Crippen molar-refractivity contribution in [2.45, 2.75) is 45.1 Å². The van der Waals surface area contributed by atoms with Gasteiger partial charge in [-0.2, -0.15) is 4.89 Å². The molecule has 0 saturated heterocycles. The first-order chi connectivity index (χ1) is 9.56. The van der Waals surface area contributed by atoms with Gasteiger partial charge in [-0.05, 0) is 37.3 Å². The monoisotopic (exact) mass is 282 g/mol. The van der Waals surface area contributed by atoms with Gasteiger partial charge in [0.2, 0.25) is 0 Å². The van der Waals surface area contributed by atoms with Crippen molar-refractivity contribution in [3.8, 4) is 0 Å². The Morgan fingerprint density at radius 1 is 1.15 bits per heavy atom. The van der Waals surface area contributed by atoms with E-state index in [1.165, 1.54) is 0 Å². The second kappa shape index (κ2) is 8.68. The van der Waals surface area contributed by atoms with Gasteiger partial charge < -0.3 is 5.11 Å². The van der Waals surface area contributed by atoms with Crippen LogP contribution in [0.5, 0.6) is 0 Å². The minimum atomic E-state index is -0.710. The van der Waals surface area contributed by atoms with E-state index >= 15 is 0 Å². The van der Waals surface area contributed by atoms with Crippen LogP contribution in [0.4, 0.5) is 0 Å². The Bertz CT molecular complexity index is 389. The third-order valence-electron chi connectivity index (χ3n) is 2.88. The number of hydrogen-bond donors (Lipinski definition) is 1. The SMILES string of the molecule is CC(C)(OOOC(=O)CCCCCO)c1ccccc1. The first kappa shape index (κ1) is 16.6. The average molecular weight is 282 g/mol. The third-order valence-corrected chi connectivity index (χ3v) is 2.88. The molecule has 0 aromatic heterocycles. The van der Waals surface area contributed by atoms with Crippen LogP contribution < -0.4 is 0 Å². The minimum Gasteiger partial charge on any atom is -0.396 e. The van der Waals surface area contributed by atoms with E-state index in [9.17, 15) is 4.79 Å². The number of hydrogen-bond acceptors (Lipinski definition) is 5. The molecule has 0 amide bonds. The molecule has 0 aliphatic rings. The van der Waals surface area contributed by atoms with E-state index in [4.69, 9.17) is 9.99 Å². The van der Waals surface area contributed by atoms with Crippen LogP contribution in [0.1, 0.15) is 45.1 Å². The molecule has 0 fully saturated rings. The van der Waals surface area contributed by atoms with Gasteiger partial charge in [0.05, 0.1) is 0 Å². The number of unbranched alkanes of at least 4 members (excludes halogenated alkanes) is 2. The number of carbonyl (C=O) groups is 1. The van der Waals surface area contributed by atoms with Gasteiger partial charge >= 0.3 is 5.97 Å². The summed E-state index contributed by atoms with van der Waals surface area (Å²) in [7, 11) is 0. The Kier molecular flexibility index (Phi) is 7.22. The van der Waals surface area contributed by atoms with Crippen LogP contribution in [0.2, 0.25) is 0 Å². The van der Waals surface area contributed by atoms with Crippen molar-refractivity contribution >= 4 is 5.97 Å². The fraction of sp³-hybridized carbons (Fsp3) is 0.533.